The average Bonchev–Trinajstić information content (AvgIpc) is 2.29. The molecule has 4 heteroatoms. The van der Waals surface area contributed by atoms with Gasteiger partial charge in [-0.2, -0.15) is 0 Å². The normalized spacial score (nSPS) is 18.8. The minimum atomic E-state index is 0.788. The minimum absolute atomic E-state index is 0.788. The molecular weight excluding hydrogens is 128 g/mol. The van der Waals surface area contributed by atoms with Crippen molar-refractivity contribution in [3.05, 3.63) is 12.7 Å². The van der Waals surface area contributed by atoms with Crippen molar-refractivity contribution < 1.29 is 0 Å². The van der Waals surface area contributed by atoms with Crippen LogP contribution in [0.1, 0.15) is 0 Å². The molecule has 1 aromatic heterocycles. The maximum absolute atomic E-state index is 3.73. The lowest BCUT2D eigenvalue weighted by atomic mass is 10.0. The number of nitrogens with zero attached hydrogens (tertiary/aromatic N) is 3. The van der Waals surface area contributed by atoms with E-state index in [2.05, 4.69) is 15.5 Å². The van der Waals surface area contributed by atoms with Crippen molar-refractivity contribution in [3.8, 4) is 0 Å². The summed E-state index contributed by atoms with van der Waals surface area (Å²) in [6.45, 7) is 3.33. The Morgan fingerprint density at radius 3 is 2.60 bits per heavy atom. The molecule has 54 valence electrons. The van der Waals surface area contributed by atoms with Gasteiger partial charge in [0, 0.05) is 25.6 Å². The third kappa shape index (κ3) is 1.02. The van der Waals surface area contributed by atoms with Gasteiger partial charge in [0.1, 0.15) is 12.7 Å². The molecule has 2 heterocycles. The van der Waals surface area contributed by atoms with E-state index in [-0.39, 0.29) is 0 Å². The lowest BCUT2D eigenvalue weighted by Crippen LogP contribution is -2.44. The van der Waals surface area contributed by atoms with Crippen LogP contribution in [0.25, 0.3) is 0 Å². The monoisotopic (exact) mass is 138 g/mol. The zero-order chi connectivity index (χ0) is 6.81. The molecule has 1 N–H and O–H groups in total. The highest BCUT2D eigenvalue weighted by Gasteiger charge is 2.16. The molecule has 0 radical (unpaired) electrons. The van der Waals surface area contributed by atoms with E-state index in [0.29, 0.717) is 0 Å². The van der Waals surface area contributed by atoms with Crippen LogP contribution in [0.4, 0.5) is 0 Å². The third-order valence-electron chi connectivity index (χ3n) is 1.80. The number of rotatable bonds is 2. The first-order valence-corrected chi connectivity index (χ1v) is 3.48. The molecule has 0 amide bonds. The van der Waals surface area contributed by atoms with Gasteiger partial charge in [-0.15, -0.1) is 10.2 Å². The Hall–Kier alpha value is -0.900. The van der Waals surface area contributed by atoms with E-state index in [0.717, 1.165) is 25.6 Å². The summed E-state index contributed by atoms with van der Waals surface area (Å²) in [5.41, 5.74) is 0. The topological polar surface area (TPSA) is 42.7 Å². The van der Waals surface area contributed by atoms with Crippen LogP contribution in [-0.2, 0) is 6.54 Å². The summed E-state index contributed by atoms with van der Waals surface area (Å²) in [4.78, 5) is 0. The fraction of sp³-hybridized carbons (Fsp3) is 0.667. The quantitative estimate of drug-likeness (QED) is 0.599. The van der Waals surface area contributed by atoms with Crippen molar-refractivity contribution in [1.82, 2.24) is 20.1 Å². The van der Waals surface area contributed by atoms with Crippen LogP contribution in [0, 0.1) is 5.92 Å². The Bertz CT molecular complexity index is 190. The van der Waals surface area contributed by atoms with Gasteiger partial charge in [-0.3, -0.25) is 0 Å². The summed E-state index contributed by atoms with van der Waals surface area (Å²) in [6, 6.07) is 0. The summed E-state index contributed by atoms with van der Waals surface area (Å²) >= 11 is 0. The van der Waals surface area contributed by atoms with E-state index >= 15 is 0 Å². The lowest BCUT2D eigenvalue weighted by molar-refractivity contribution is 0.306. The van der Waals surface area contributed by atoms with Gasteiger partial charge >= 0.3 is 0 Å². The molecule has 1 fully saturated rings. The molecule has 1 aliphatic rings. The van der Waals surface area contributed by atoms with Crippen LogP contribution >= 0.6 is 0 Å². The fourth-order valence-corrected chi connectivity index (χ4v) is 1.09. The Morgan fingerprint density at radius 2 is 2.10 bits per heavy atom. The van der Waals surface area contributed by atoms with Gasteiger partial charge in [0.2, 0.25) is 0 Å². The molecule has 0 aliphatic carbocycles. The first-order chi connectivity index (χ1) is 4.95. The summed E-state index contributed by atoms with van der Waals surface area (Å²) < 4.78 is 2.02. The van der Waals surface area contributed by atoms with Crippen molar-refractivity contribution in [1.29, 1.82) is 0 Å². The molecule has 1 aromatic rings. The number of nitrogens with one attached hydrogen (secondary N) is 1. The smallest absolute Gasteiger partial charge is 0.119 e. The van der Waals surface area contributed by atoms with Crippen LogP contribution in [0.5, 0.6) is 0 Å². The van der Waals surface area contributed by atoms with E-state index in [1.54, 1.807) is 12.7 Å². The molecule has 1 saturated heterocycles. The minimum Gasteiger partial charge on any atom is -0.320 e. The van der Waals surface area contributed by atoms with E-state index in [4.69, 9.17) is 0 Å². The largest absolute Gasteiger partial charge is 0.320 e. The zero-order valence-corrected chi connectivity index (χ0v) is 5.70. The van der Waals surface area contributed by atoms with Crippen LogP contribution in [0.2, 0.25) is 0 Å². The van der Waals surface area contributed by atoms with Crippen LogP contribution in [-0.4, -0.2) is 27.9 Å². The van der Waals surface area contributed by atoms with Gasteiger partial charge in [0.05, 0.1) is 0 Å². The van der Waals surface area contributed by atoms with Crippen molar-refractivity contribution in [2.24, 2.45) is 5.92 Å². The maximum Gasteiger partial charge on any atom is 0.119 e. The summed E-state index contributed by atoms with van der Waals surface area (Å²) in [5, 5.41) is 10.7. The summed E-state index contributed by atoms with van der Waals surface area (Å²) in [5.74, 6) is 0.788. The third-order valence-corrected chi connectivity index (χ3v) is 1.80. The van der Waals surface area contributed by atoms with Crippen molar-refractivity contribution in [2.45, 2.75) is 6.54 Å². The molecule has 0 spiro atoms. The predicted octanol–water partition coefficient (Wildman–Crippen LogP) is -0.503. The Morgan fingerprint density at radius 1 is 1.40 bits per heavy atom. The number of hydrogen-bond donors (Lipinski definition) is 1. The van der Waals surface area contributed by atoms with Crippen molar-refractivity contribution >= 4 is 0 Å². The highest BCUT2D eigenvalue weighted by Crippen LogP contribution is 2.04. The lowest BCUT2D eigenvalue weighted by Gasteiger charge is -2.26. The van der Waals surface area contributed by atoms with E-state index in [1.165, 1.54) is 0 Å². The fourth-order valence-electron chi connectivity index (χ4n) is 1.09. The highest BCUT2D eigenvalue weighted by atomic mass is 15.2. The van der Waals surface area contributed by atoms with Crippen LogP contribution in [0.3, 0.4) is 0 Å². The van der Waals surface area contributed by atoms with Gasteiger partial charge in [-0.1, -0.05) is 0 Å². The Labute approximate surface area is 59.3 Å². The van der Waals surface area contributed by atoms with Gasteiger partial charge in [-0.25, -0.2) is 0 Å². The second kappa shape index (κ2) is 2.38. The maximum atomic E-state index is 3.73. The Kier molecular flexibility index (Phi) is 1.39. The van der Waals surface area contributed by atoms with Gasteiger partial charge < -0.3 is 9.88 Å². The second-order valence-corrected chi connectivity index (χ2v) is 2.68. The molecule has 0 bridgehead atoms. The molecule has 10 heavy (non-hydrogen) atoms. The highest BCUT2D eigenvalue weighted by molar-refractivity contribution is 4.76. The zero-order valence-electron chi connectivity index (χ0n) is 5.70. The van der Waals surface area contributed by atoms with E-state index in [9.17, 15) is 0 Å². The first-order valence-electron chi connectivity index (χ1n) is 3.48. The molecule has 0 saturated carbocycles. The second-order valence-electron chi connectivity index (χ2n) is 2.68. The average molecular weight is 138 g/mol. The predicted molar refractivity (Wildman–Crippen MR) is 36.4 cm³/mol. The molecular formula is C6H10N4. The number of aromatic nitrogens is 3. The van der Waals surface area contributed by atoms with Gasteiger partial charge in [0.15, 0.2) is 0 Å². The summed E-state index contributed by atoms with van der Waals surface area (Å²) in [7, 11) is 0. The molecule has 0 atom stereocenters. The van der Waals surface area contributed by atoms with E-state index < -0.39 is 0 Å². The molecule has 4 nitrogen and oxygen atoms in total. The van der Waals surface area contributed by atoms with Gasteiger partial charge in [-0.05, 0) is 0 Å². The Balaban J connectivity index is 1.90. The van der Waals surface area contributed by atoms with Crippen LogP contribution < -0.4 is 5.32 Å². The van der Waals surface area contributed by atoms with Crippen molar-refractivity contribution in [3.63, 3.8) is 0 Å². The molecule has 0 unspecified atom stereocenters. The standard InChI is InChI=1S/C6H10N4/c1-6(2-7-1)3-10-4-8-9-5-10/h4-7H,1-3H2. The van der Waals surface area contributed by atoms with Gasteiger partial charge in [0.25, 0.3) is 0 Å². The van der Waals surface area contributed by atoms with E-state index in [1.807, 2.05) is 4.57 Å². The summed E-state index contributed by atoms with van der Waals surface area (Å²) in [6.07, 6.45) is 3.52. The molecule has 2 rings (SSSR count). The van der Waals surface area contributed by atoms with Crippen molar-refractivity contribution in [2.75, 3.05) is 13.1 Å². The molecule has 1 aliphatic heterocycles. The first kappa shape index (κ1) is 5.85. The SMILES string of the molecule is c1nncn1CC1CNC1. The van der Waals surface area contributed by atoms with Crippen LogP contribution in [0.15, 0.2) is 12.7 Å². The molecule has 0 aromatic carbocycles. The number of hydrogen-bond acceptors (Lipinski definition) is 3.